The Hall–Kier alpha value is -0.0800. The van der Waals surface area contributed by atoms with E-state index >= 15 is 0 Å². The predicted molar refractivity (Wildman–Crippen MR) is 37.1 cm³/mol. The van der Waals surface area contributed by atoms with Crippen molar-refractivity contribution in [2.45, 2.75) is 33.5 Å². The van der Waals surface area contributed by atoms with Gasteiger partial charge in [-0.2, -0.15) is 0 Å². The zero-order valence-electron chi connectivity index (χ0n) is 6.64. The number of aliphatic hydroxyl groups is 1. The van der Waals surface area contributed by atoms with Gasteiger partial charge in [0.15, 0.2) is 5.79 Å². The van der Waals surface area contributed by atoms with Crippen LogP contribution in [0.1, 0.15) is 27.7 Å². The van der Waals surface area contributed by atoms with Crippen LogP contribution < -0.4 is 0 Å². The van der Waals surface area contributed by atoms with Crippen LogP contribution in [0.15, 0.2) is 0 Å². The first-order valence-corrected chi connectivity index (χ1v) is 3.28. The Morgan fingerprint density at radius 3 is 2.00 bits per heavy atom. The van der Waals surface area contributed by atoms with Gasteiger partial charge in [-0.3, -0.25) is 0 Å². The largest absolute Gasteiger partial charge is 0.366 e. The summed E-state index contributed by atoms with van der Waals surface area (Å²) < 4.78 is 5.05. The summed E-state index contributed by atoms with van der Waals surface area (Å²) in [5, 5.41) is 9.04. The quantitative estimate of drug-likeness (QED) is 0.588. The van der Waals surface area contributed by atoms with Crippen LogP contribution in [0, 0.1) is 5.92 Å². The smallest absolute Gasteiger partial charge is 0.159 e. The van der Waals surface area contributed by atoms with E-state index in [0.29, 0.717) is 12.5 Å². The van der Waals surface area contributed by atoms with Gasteiger partial charge in [0.2, 0.25) is 0 Å². The molecular formula is C7H16O2. The summed E-state index contributed by atoms with van der Waals surface area (Å²) >= 11 is 0. The highest BCUT2D eigenvalue weighted by Gasteiger charge is 2.12. The number of rotatable bonds is 3. The van der Waals surface area contributed by atoms with Crippen LogP contribution in [0.2, 0.25) is 0 Å². The van der Waals surface area contributed by atoms with Crippen molar-refractivity contribution in [2.24, 2.45) is 5.92 Å². The van der Waals surface area contributed by atoms with Crippen LogP contribution in [0.4, 0.5) is 0 Å². The van der Waals surface area contributed by atoms with Crippen molar-refractivity contribution in [3.63, 3.8) is 0 Å². The molecule has 0 saturated heterocycles. The molecule has 0 spiro atoms. The third-order valence-electron chi connectivity index (χ3n) is 0.770. The number of hydrogen-bond donors (Lipinski definition) is 1. The number of ether oxygens (including phenoxy) is 1. The van der Waals surface area contributed by atoms with Crippen LogP contribution in [0.3, 0.4) is 0 Å². The molecule has 56 valence electrons. The van der Waals surface area contributed by atoms with Gasteiger partial charge in [0.1, 0.15) is 0 Å². The first-order chi connectivity index (χ1) is 3.92. The fourth-order valence-corrected chi connectivity index (χ4v) is 0.371. The molecule has 0 atom stereocenters. The fraction of sp³-hybridized carbons (Fsp3) is 1.00. The summed E-state index contributed by atoms with van der Waals surface area (Å²) in [5.74, 6) is -0.485. The molecule has 0 aliphatic rings. The molecule has 2 heteroatoms. The van der Waals surface area contributed by atoms with E-state index < -0.39 is 5.79 Å². The molecule has 0 aromatic rings. The SMILES string of the molecule is CC(C)COC(C)(C)O. The second-order valence-electron chi connectivity index (χ2n) is 3.15. The molecule has 2 nitrogen and oxygen atoms in total. The topological polar surface area (TPSA) is 29.5 Å². The average molecular weight is 132 g/mol. The molecule has 0 amide bonds. The molecule has 0 radical (unpaired) electrons. The maximum atomic E-state index is 9.04. The highest BCUT2D eigenvalue weighted by molar-refractivity contribution is 4.49. The fourth-order valence-electron chi connectivity index (χ4n) is 0.371. The minimum absolute atomic E-state index is 0.483. The highest BCUT2D eigenvalue weighted by Crippen LogP contribution is 2.05. The van der Waals surface area contributed by atoms with Crippen molar-refractivity contribution in [1.82, 2.24) is 0 Å². The summed E-state index contributed by atoms with van der Waals surface area (Å²) in [7, 11) is 0. The monoisotopic (exact) mass is 132 g/mol. The van der Waals surface area contributed by atoms with Crippen molar-refractivity contribution in [3.05, 3.63) is 0 Å². The summed E-state index contributed by atoms with van der Waals surface area (Å²) in [6.45, 7) is 7.98. The van der Waals surface area contributed by atoms with Crippen molar-refractivity contribution >= 4 is 0 Å². The Labute approximate surface area is 56.8 Å². The van der Waals surface area contributed by atoms with Gasteiger partial charge in [0, 0.05) is 0 Å². The lowest BCUT2D eigenvalue weighted by Crippen LogP contribution is -2.25. The number of hydrogen-bond acceptors (Lipinski definition) is 2. The molecule has 0 saturated carbocycles. The Bertz CT molecular complexity index is 71.5. The first-order valence-electron chi connectivity index (χ1n) is 3.28. The molecule has 0 heterocycles. The van der Waals surface area contributed by atoms with Gasteiger partial charge >= 0.3 is 0 Å². The van der Waals surface area contributed by atoms with E-state index in [-0.39, 0.29) is 0 Å². The van der Waals surface area contributed by atoms with E-state index in [9.17, 15) is 0 Å². The van der Waals surface area contributed by atoms with Gasteiger partial charge in [-0.25, -0.2) is 0 Å². The maximum Gasteiger partial charge on any atom is 0.159 e. The summed E-state index contributed by atoms with van der Waals surface area (Å²) in [6.07, 6.45) is 0. The van der Waals surface area contributed by atoms with E-state index in [4.69, 9.17) is 9.84 Å². The predicted octanol–water partition coefficient (Wildman–Crippen LogP) is 1.39. The van der Waals surface area contributed by atoms with Crippen LogP contribution >= 0.6 is 0 Å². The molecule has 9 heavy (non-hydrogen) atoms. The van der Waals surface area contributed by atoms with Gasteiger partial charge in [-0.1, -0.05) is 13.8 Å². The van der Waals surface area contributed by atoms with Gasteiger partial charge in [-0.05, 0) is 19.8 Å². The Balaban J connectivity index is 3.28. The molecular weight excluding hydrogens is 116 g/mol. The van der Waals surface area contributed by atoms with Crippen molar-refractivity contribution in [3.8, 4) is 0 Å². The van der Waals surface area contributed by atoms with E-state index in [1.165, 1.54) is 0 Å². The molecule has 0 fully saturated rings. The molecule has 0 aromatic heterocycles. The molecule has 0 unspecified atom stereocenters. The molecule has 0 aromatic carbocycles. The van der Waals surface area contributed by atoms with Crippen LogP contribution in [0.5, 0.6) is 0 Å². The Kier molecular flexibility index (Phi) is 3.15. The average Bonchev–Trinajstić information content (AvgIpc) is 1.59. The highest BCUT2D eigenvalue weighted by atomic mass is 16.6. The van der Waals surface area contributed by atoms with E-state index in [1.807, 2.05) is 13.8 Å². The van der Waals surface area contributed by atoms with Gasteiger partial charge in [-0.15, -0.1) is 0 Å². The normalized spacial score (nSPS) is 12.7. The zero-order valence-corrected chi connectivity index (χ0v) is 6.64. The lowest BCUT2D eigenvalue weighted by molar-refractivity contribution is -0.181. The first kappa shape index (κ1) is 8.92. The van der Waals surface area contributed by atoms with Crippen molar-refractivity contribution in [1.29, 1.82) is 0 Å². The van der Waals surface area contributed by atoms with E-state index in [0.717, 1.165) is 0 Å². The Morgan fingerprint density at radius 2 is 1.89 bits per heavy atom. The van der Waals surface area contributed by atoms with Crippen LogP contribution in [-0.4, -0.2) is 17.5 Å². The molecule has 1 N–H and O–H groups in total. The van der Waals surface area contributed by atoms with Crippen LogP contribution in [0.25, 0.3) is 0 Å². The zero-order chi connectivity index (χ0) is 7.49. The Morgan fingerprint density at radius 1 is 1.44 bits per heavy atom. The molecule has 0 rings (SSSR count). The maximum absolute atomic E-state index is 9.04. The van der Waals surface area contributed by atoms with E-state index in [2.05, 4.69) is 0 Å². The second-order valence-corrected chi connectivity index (χ2v) is 3.15. The summed E-state index contributed by atoms with van der Waals surface area (Å²) in [4.78, 5) is 0. The minimum Gasteiger partial charge on any atom is -0.366 e. The lowest BCUT2D eigenvalue weighted by atomic mass is 10.2. The standard InChI is InChI=1S/C7H16O2/c1-6(2)5-9-7(3,4)8/h6,8H,5H2,1-4H3. The van der Waals surface area contributed by atoms with Gasteiger partial charge < -0.3 is 9.84 Å². The van der Waals surface area contributed by atoms with Crippen molar-refractivity contribution in [2.75, 3.05) is 6.61 Å². The second kappa shape index (κ2) is 3.18. The summed E-state index contributed by atoms with van der Waals surface area (Å²) in [6, 6.07) is 0. The minimum atomic E-state index is -0.968. The van der Waals surface area contributed by atoms with Crippen molar-refractivity contribution < 1.29 is 9.84 Å². The molecule has 0 aliphatic carbocycles. The third-order valence-corrected chi connectivity index (χ3v) is 0.770. The molecule has 0 bridgehead atoms. The van der Waals surface area contributed by atoms with Gasteiger partial charge in [0.25, 0.3) is 0 Å². The summed E-state index contributed by atoms with van der Waals surface area (Å²) in [5.41, 5.74) is 0. The van der Waals surface area contributed by atoms with Gasteiger partial charge in [0.05, 0.1) is 6.61 Å². The third kappa shape index (κ3) is 7.92. The lowest BCUT2D eigenvalue weighted by Gasteiger charge is -2.19. The van der Waals surface area contributed by atoms with Crippen LogP contribution in [-0.2, 0) is 4.74 Å². The van der Waals surface area contributed by atoms with E-state index in [1.54, 1.807) is 13.8 Å². The molecule has 0 aliphatic heterocycles.